The Kier molecular flexibility index (Phi) is 4.44. The van der Waals surface area contributed by atoms with E-state index >= 15 is 0 Å². The third-order valence-electron chi connectivity index (χ3n) is 3.13. The molecule has 1 N–H and O–H groups in total. The van der Waals surface area contributed by atoms with Crippen LogP contribution in [0.4, 0.5) is 0 Å². The van der Waals surface area contributed by atoms with Crippen LogP contribution < -0.4 is 5.56 Å². The van der Waals surface area contributed by atoms with Gasteiger partial charge < -0.3 is 0 Å². The molecule has 7 heteroatoms. The Hall–Kier alpha value is -1.87. The zero-order valence-corrected chi connectivity index (χ0v) is 14.3. The molecule has 1 aromatic carbocycles. The van der Waals surface area contributed by atoms with Crippen molar-refractivity contribution in [2.45, 2.75) is 6.42 Å². The van der Waals surface area contributed by atoms with Gasteiger partial charge in [0.25, 0.3) is 5.56 Å². The molecule has 110 valence electrons. The fraction of sp³-hybridized carbons (Fsp3) is 0.0667. The minimum absolute atomic E-state index is 0.185. The predicted octanol–water partition coefficient (Wildman–Crippen LogP) is 2.88. The van der Waals surface area contributed by atoms with Gasteiger partial charge in [-0.3, -0.25) is 14.3 Å². The molecule has 3 aromatic rings. The summed E-state index contributed by atoms with van der Waals surface area (Å²) in [6, 6.07) is 7.91. The first-order valence-electron chi connectivity index (χ1n) is 6.48. The third-order valence-corrected chi connectivity index (χ3v) is 4.15. The lowest BCUT2D eigenvalue weighted by Crippen LogP contribution is -2.17. The Labute approximate surface area is 145 Å². The van der Waals surface area contributed by atoms with Crippen LogP contribution >= 0.6 is 34.8 Å². The molecule has 0 amide bonds. The molecule has 5 nitrogen and oxygen atoms in total. The number of rotatable bonds is 3. The average Bonchev–Trinajstić information content (AvgIpc) is 2.52. The number of H-pyrrole nitrogens is 1. The molecule has 2 aromatic heterocycles. The van der Waals surface area contributed by atoms with Crippen LogP contribution in [0.1, 0.15) is 11.1 Å². The first-order valence-corrected chi connectivity index (χ1v) is 7.97. The van der Waals surface area contributed by atoms with Crippen LogP contribution in [0, 0.1) is 8.34 Å². The molecular formula is C15H11IN4OS. The Bertz CT molecular complexity index is 903. The van der Waals surface area contributed by atoms with Gasteiger partial charge in [0.1, 0.15) is 6.33 Å². The van der Waals surface area contributed by atoms with Gasteiger partial charge in [0.2, 0.25) is 0 Å². The second-order valence-corrected chi connectivity index (χ2v) is 6.32. The van der Waals surface area contributed by atoms with E-state index in [-0.39, 0.29) is 5.56 Å². The second kappa shape index (κ2) is 6.49. The molecule has 0 saturated carbocycles. The number of benzene rings is 1. The predicted molar refractivity (Wildman–Crippen MR) is 94.8 cm³/mol. The highest BCUT2D eigenvalue weighted by molar-refractivity contribution is 14.1. The molecule has 0 atom stereocenters. The van der Waals surface area contributed by atoms with Gasteiger partial charge in [-0.25, -0.2) is 9.97 Å². The monoisotopic (exact) mass is 422 g/mol. The van der Waals surface area contributed by atoms with E-state index in [4.69, 9.17) is 12.2 Å². The number of nitrogens with zero attached hydrogens (tertiary/aromatic N) is 3. The van der Waals surface area contributed by atoms with E-state index in [0.29, 0.717) is 16.8 Å². The van der Waals surface area contributed by atoms with Gasteiger partial charge in [-0.1, -0.05) is 0 Å². The number of aromatic amines is 1. The Morgan fingerprint density at radius 3 is 2.55 bits per heavy atom. The number of halogens is 1. The van der Waals surface area contributed by atoms with Crippen molar-refractivity contribution >= 4 is 34.8 Å². The Morgan fingerprint density at radius 2 is 1.86 bits per heavy atom. The highest BCUT2D eigenvalue weighted by atomic mass is 127. The van der Waals surface area contributed by atoms with Crippen molar-refractivity contribution in [3.05, 3.63) is 79.0 Å². The van der Waals surface area contributed by atoms with Gasteiger partial charge in [-0.2, -0.15) is 0 Å². The van der Waals surface area contributed by atoms with Crippen molar-refractivity contribution in [2.75, 3.05) is 0 Å². The normalized spacial score (nSPS) is 10.6. The molecule has 2 heterocycles. The first-order chi connectivity index (χ1) is 10.6. The van der Waals surface area contributed by atoms with Crippen LogP contribution in [0.2, 0.25) is 0 Å². The van der Waals surface area contributed by atoms with Gasteiger partial charge in [0.05, 0.1) is 0 Å². The molecule has 0 radical (unpaired) electrons. The smallest absolute Gasteiger partial charge is 0.255 e. The molecule has 0 unspecified atom stereocenters. The quantitative estimate of drug-likeness (QED) is 0.521. The summed E-state index contributed by atoms with van der Waals surface area (Å²) in [5, 5.41) is 0. The van der Waals surface area contributed by atoms with Crippen molar-refractivity contribution in [1.29, 1.82) is 0 Å². The Balaban J connectivity index is 2.05. The maximum absolute atomic E-state index is 12.1. The maximum atomic E-state index is 12.1. The van der Waals surface area contributed by atoms with E-state index in [2.05, 4.69) is 37.5 Å². The minimum Gasteiger partial charge on any atom is -0.299 e. The van der Waals surface area contributed by atoms with Crippen LogP contribution in [-0.2, 0) is 6.42 Å². The molecule has 0 saturated heterocycles. The number of hydrogen-bond donors (Lipinski definition) is 1. The molecule has 0 aliphatic carbocycles. The van der Waals surface area contributed by atoms with Crippen molar-refractivity contribution < 1.29 is 0 Å². The Morgan fingerprint density at radius 1 is 1.18 bits per heavy atom. The zero-order chi connectivity index (χ0) is 15.5. The molecule has 0 aliphatic rings. The van der Waals surface area contributed by atoms with Crippen LogP contribution in [0.25, 0.3) is 5.69 Å². The number of hydrogen-bond acceptors (Lipinski definition) is 4. The van der Waals surface area contributed by atoms with Gasteiger partial charge in [0, 0.05) is 39.8 Å². The van der Waals surface area contributed by atoms with Crippen molar-refractivity contribution in [1.82, 2.24) is 19.5 Å². The average molecular weight is 422 g/mol. The van der Waals surface area contributed by atoms with E-state index in [9.17, 15) is 4.79 Å². The van der Waals surface area contributed by atoms with E-state index in [0.717, 1.165) is 14.8 Å². The largest absolute Gasteiger partial charge is 0.299 e. The summed E-state index contributed by atoms with van der Waals surface area (Å²) in [7, 11) is 0. The van der Waals surface area contributed by atoms with E-state index < -0.39 is 0 Å². The summed E-state index contributed by atoms with van der Waals surface area (Å²) in [5.74, 6) is 0. The minimum atomic E-state index is -0.185. The summed E-state index contributed by atoms with van der Waals surface area (Å²) in [4.78, 5) is 22.8. The van der Waals surface area contributed by atoms with Crippen molar-refractivity contribution in [3.63, 3.8) is 0 Å². The van der Waals surface area contributed by atoms with Crippen molar-refractivity contribution in [2.24, 2.45) is 0 Å². The lowest BCUT2D eigenvalue weighted by Gasteiger charge is -2.09. The van der Waals surface area contributed by atoms with Crippen molar-refractivity contribution in [3.8, 4) is 5.69 Å². The van der Waals surface area contributed by atoms with Crippen LogP contribution in [0.3, 0.4) is 0 Å². The van der Waals surface area contributed by atoms with Gasteiger partial charge in [-0.15, -0.1) is 0 Å². The summed E-state index contributed by atoms with van der Waals surface area (Å²) in [6.07, 6.45) is 7.09. The van der Waals surface area contributed by atoms with E-state index in [1.54, 1.807) is 23.2 Å². The molecule has 0 spiro atoms. The van der Waals surface area contributed by atoms with E-state index in [1.807, 2.05) is 24.3 Å². The van der Waals surface area contributed by atoms with Gasteiger partial charge in [-0.05, 0) is 64.6 Å². The first kappa shape index (κ1) is 15.0. The maximum Gasteiger partial charge on any atom is 0.255 e. The van der Waals surface area contributed by atoms with Crippen LogP contribution in [-0.4, -0.2) is 19.5 Å². The zero-order valence-electron chi connectivity index (χ0n) is 11.4. The number of nitrogens with one attached hydrogen (secondary N) is 1. The standard InChI is InChI=1S/C15H11IN4OS/c16-12-1-3-13(4-2-12)20-8-11(14(21)19-15(20)22)5-10-6-17-9-18-7-10/h1-4,6-9H,5H2,(H,19,21,22). The second-order valence-electron chi connectivity index (χ2n) is 4.68. The van der Waals surface area contributed by atoms with E-state index in [1.165, 1.54) is 6.33 Å². The summed E-state index contributed by atoms with van der Waals surface area (Å²) < 4.78 is 3.31. The fourth-order valence-electron chi connectivity index (χ4n) is 2.07. The summed E-state index contributed by atoms with van der Waals surface area (Å²) in [6.45, 7) is 0. The fourth-order valence-corrected chi connectivity index (χ4v) is 2.68. The lowest BCUT2D eigenvalue weighted by atomic mass is 10.1. The lowest BCUT2D eigenvalue weighted by molar-refractivity contribution is 0.896. The van der Waals surface area contributed by atoms with Crippen LogP contribution in [0.15, 0.2) is 54.0 Å². The summed E-state index contributed by atoms with van der Waals surface area (Å²) >= 11 is 7.50. The third kappa shape index (κ3) is 3.30. The SMILES string of the molecule is O=c1[nH]c(=S)n(-c2ccc(I)cc2)cc1Cc1cncnc1. The topological polar surface area (TPSA) is 63.6 Å². The molecule has 0 aliphatic heterocycles. The van der Waals surface area contributed by atoms with Crippen LogP contribution in [0.5, 0.6) is 0 Å². The number of aromatic nitrogens is 4. The molecule has 3 rings (SSSR count). The molecular weight excluding hydrogens is 411 g/mol. The summed E-state index contributed by atoms with van der Waals surface area (Å²) in [5.41, 5.74) is 2.21. The highest BCUT2D eigenvalue weighted by Crippen LogP contribution is 2.12. The highest BCUT2D eigenvalue weighted by Gasteiger charge is 2.06. The molecule has 0 fully saturated rings. The van der Waals surface area contributed by atoms with Gasteiger partial charge >= 0.3 is 0 Å². The van der Waals surface area contributed by atoms with Gasteiger partial charge in [0.15, 0.2) is 4.77 Å². The molecule has 22 heavy (non-hydrogen) atoms. The molecule has 0 bridgehead atoms.